The first-order valence-corrected chi connectivity index (χ1v) is 7.45. The summed E-state index contributed by atoms with van der Waals surface area (Å²) in [5, 5.41) is 3.01. The molecule has 1 aliphatic carbocycles. The molecule has 2 unspecified atom stereocenters. The van der Waals surface area contributed by atoms with Crippen molar-refractivity contribution in [3.8, 4) is 0 Å². The fourth-order valence-electron chi connectivity index (χ4n) is 2.52. The van der Waals surface area contributed by atoms with E-state index in [4.69, 9.17) is 22.7 Å². The zero-order valence-electron chi connectivity index (χ0n) is 12.6. The third-order valence-corrected chi connectivity index (χ3v) is 4.37. The quantitative estimate of drug-likeness (QED) is 0.809. The molecule has 0 bridgehead atoms. The number of thiocarbonyl (C=S) groups is 1. The van der Waals surface area contributed by atoms with Crippen molar-refractivity contribution in [1.29, 1.82) is 0 Å². The Kier molecular flexibility index (Phi) is 4.58. The van der Waals surface area contributed by atoms with Crippen molar-refractivity contribution in [2.75, 3.05) is 6.61 Å². The molecule has 1 saturated carbocycles. The van der Waals surface area contributed by atoms with Gasteiger partial charge in [0.2, 0.25) is 0 Å². The van der Waals surface area contributed by atoms with Gasteiger partial charge in [-0.3, -0.25) is 9.78 Å². The summed E-state index contributed by atoms with van der Waals surface area (Å²) in [4.78, 5) is 16.6. The SMILES string of the molecule is CCOC1CC(NC(=O)c2ccc(C(N)=S)cn2)C1(C)C. The fourth-order valence-corrected chi connectivity index (χ4v) is 2.64. The standard InChI is InChI=1S/C15H21N3O2S/c1-4-20-12-7-11(15(12,2)3)18-14(19)10-6-5-9(8-17-10)13(16)21/h5-6,8,11-12H,4,7H2,1-3H3,(H2,16,21)(H,18,19). The molecule has 1 fully saturated rings. The number of rotatable bonds is 5. The Morgan fingerprint density at radius 2 is 2.29 bits per heavy atom. The topological polar surface area (TPSA) is 77.2 Å². The number of amides is 1. The predicted octanol–water partition coefficient (Wildman–Crippen LogP) is 1.65. The number of ether oxygens (including phenoxy) is 1. The van der Waals surface area contributed by atoms with E-state index in [2.05, 4.69) is 24.1 Å². The smallest absolute Gasteiger partial charge is 0.270 e. The van der Waals surface area contributed by atoms with Crippen molar-refractivity contribution in [3.05, 3.63) is 29.6 Å². The molecule has 1 aliphatic rings. The highest BCUT2D eigenvalue weighted by Crippen LogP contribution is 2.42. The number of nitrogens with one attached hydrogen (secondary N) is 1. The maximum absolute atomic E-state index is 12.2. The van der Waals surface area contributed by atoms with E-state index in [0.29, 0.717) is 17.9 Å². The number of hydrogen-bond acceptors (Lipinski definition) is 4. The second-order valence-corrected chi connectivity index (χ2v) is 6.26. The van der Waals surface area contributed by atoms with Crippen LogP contribution in [0.2, 0.25) is 0 Å². The Bertz CT molecular complexity index is 542. The normalized spacial score (nSPS) is 23.2. The van der Waals surface area contributed by atoms with Crippen LogP contribution in [0.15, 0.2) is 18.3 Å². The molecule has 2 rings (SSSR count). The minimum Gasteiger partial charge on any atom is -0.389 e. The van der Waals surface area contributed by atoms with Crippen LogP contribution in [0, 0.1) is 5.41 Å². The zero-order chi connectivity index (χ0) is 15.6. The number of aromatic nitrogens is 1. The van der Waals surface area contributed by atoms with Crippen molar-refractivity contribution in [2.24, 2.45) is 11.1 Å². The van der Waals surface area contributed by atoms with Crippen molar-refractivity contribution in [1.82, 2.24) is 10.3 Å². The van der Waals surface area contributed by atoms with E-state index in [1.807, 2.05) is 6.92 Å². The maximum Gasteiger partial charge on any atom is 0.270 e. The highest BCUT2D eigenvalue weighted by molar-refractivity contribution is 7.80. The van der Waals surface area contributed by atoms with Gasteiger partial charge in [-0.05, 0) is 25.5 Å². The number of carbonyl (C=O) groups excluding carboxylic acids is 1. The summed E-state index contributed by atoms with van der Waals surface area (Å²) in [6.07, 6.45) is 2.54. The Labute approximate surface area is 130 Å². The van der Waals surface area contributed by atoms with Gasteiger partial charge in [-0.1, -0.05) is 26.1 Å². The molecule has 0 aromatic carbocycles. The molecule has 21 heavy (non-hydrogen) atoms. The number of hydrogen-bond donors (Lipinski definition) is 2. The third-order valence-electron chi connectivity index (χ3n) is 4.13. The molecule has 114 valence electrons. The molecule has 5 nitrogen and oxygen atoms in total. The summed E-state index contributed by atoms with van der Waals surface area (Å²) >= 11 is 4.86. The van der Waals surface area contributed by atoms with E-state index >= 15 is 0 Å². The monoisotopic (exact) mass is 307 g/mol. The first kappa shape index (κ1) is 15.9. The van der Waals surface area contributed by atoms with Crippen molar-refractivity contribution in [2.45, 2.75) is 39.3 Å². The van der Waals surface area contributed by atoms with Gasteiger partial charge >= 0.3 is 0 Å². The summed E-state index contributed by atoms with van der Waals surface area (Å²) in [7, 11) is 0. The molecule has 1 aromatic rings. The van der Waals surface area contributed by atoms with Crippen LogP contribution in [-0.2, 0) is 4.74 Å². The second-order valence-electron chi connectivity index (χ2n) is 5.82. The summed E-state index contributed by atoms with van der Waals surface area (Å²) in [5.74, 6) is -0.183. The van der Waals surface area contributed by atoms with E-state index in [0.717, 1.165) is 6.42 Å². The number of pyridine rings is 1. The maximum atomic E-state index is 12.2. The highest BCUT2D eigenvalue weighted by Gasteiger charge is 2.49. The van der Waals surface area contributed by atoms with Gasteiger partial charge in [0.1, 0.15) is 10.7 Å². The lowest BCUT2D eigenvalue weighted by Gasteiger charge is -2.51. The van der Waals surface area contributed by atoms with E-state index in [1.54, 1.807) is 12.1 Å². The molecule has 6 heteroatoms. The molecule has 0 aliphatic heterocycles. The minimum absolute atomic E-state index is 0.0650. The van der Waals surface area contributed by atoms with E-state index in [-0.39, 0.29) is 28.5 Å². The van der Waals surface area contributed by atoms with E-state index in [9.17, 15) is 4.79 Å². The van der Waals surface area contributed by atoms with Gasteiger partial charge in [0.15, 0.2) is 0 Å². The van der Waals surface area contributed by atoms with Crippen LogP contribution in [-0.4, -0.2) is 34.6 Å². The molecular weight excluding hydrogens is 286 g/mol. The molecule has 3 N–H and O–H groups in total. The molecule has 1 aromatic heterocycles. The Balaban J connectivity index is 1.98. The summed E-state index contributed by atoms with van der Waals surface area (Å²) in [6, 6.07) is 3.44. The van der Waals surface area contributed by atoms with Crippen molar-refractivity contribution in [3.63, 3.8) is 0 Å². The first-order chi connectivity index (χ1) is 9.86. The van der Waals surface area contributed by atoms with Gasteiger partial charge in [0.25, 0.3) is 5.91 Å². The average molecular weight is 307 g/mol. The van der Waals surface area contributed by atoms with Crippen molar-refractivity contribution < 1.29 is 9.53 Å². The molecule has 0 saturated heterocycles. The largest absolute Gasteiger partial charge is 0.389 e. The lowest BCUT2D eigenvalue weighted by molar-refractivity contribution is -0.111. The van der Waals surface area contributed by atoms with Crippen LogP contribution in [0.1, 0.15) is 43.2 Å². The van der Waals surface area contributed by atoms with Crippen LogP contribution < -0.4 is 11.1 Å². The summed E-state index contributed by atoms with van der Waals surface area (Å²) in [6.45, 7) is 6.88. The third kappa shape index (κ3) is 3.22. The summed E-state index contributed by atoms with van der Waals surface area (Å²) < 4.78 is 5.66. The molecular formula is C15H21N3O2S. The van der Waals surface area contributed by atoms with Gasteiger partial charge < -0.3 is 15.8 Å². The summed E-state index contributed by atoms with van der Waals surface area (Å²) in [5.41, 5.74) is 6.46. The molecule has 0 spiro atoms. The average Bonchev–Trinajstić information content (AvgIpc) is 2.46. The van der Waals surface area contributed by atoms with Crippen molar-refractivity contribution >= 4 is 23.1 Å². The second kappa shape index (κ2) is 6.07. The molecule has 2 atom stereocenters. The lowest BCUT2D eigenvalue weighted by atomic mass is 9.64. The first-order valence-electron chi connectivity index (χ1n) is 7.04. The highest BCUT2D eigenvalue weighted by atomic mass is 32.1. The Morgan fingerprint density at radius 3 is 2.76 bits per heavy atom. The van der Waals surface area contributed by atoms with Gasteiger partial charge in [0, 0.05) is 29.8 Å². The number of nitrogens with zero attached hydrogens (tertiary/aromatic N) is 1. The fraction of sp³-hybridized carbons (Fsp3) is 0.533. The number of carbonyl (C=O) groups is 1. The van der Waals surface area contributed by atoms with Crippen LogP contribution >= 0.6 is 12.2 Å². The van der Waals surface area contributed by atoms with Crippen LogP contribution in [0.25, 0.3) is 0 Å². The molecule has 1 amide bonds. The predicted molar refractivity (Wildman–Crippen MR) is 85.2 cm³/mol. The number of nitrogens with two attached hydrogens (primary N) is 1. The van der Waals surface area contributed by atoms with E-state index < -0.39 is 0 Å². The van der Waals surface area contributed by atoms with Crippen LogP contribution in [0.4, 0.5) is 0 Å². The van der Waals surface area contributed by atoms with Gasteiger partial charge in [-0.25, -0.2) is 0 Å². The Hall–Kier alpha value is -1.53. The van der Waals surface area contributed by atoms with Gasteiger partial charge in [-0.2, -0.15) is 0 Å². The zero-order valence-corrected chi connectivity index (χ0v) is 13.4. The van der Waals surface area contributed by atoms with Gasteiger partial charge in [0.05, 0.1) is 6.10 Å². The van der Waals surface area contributed by atoms with Crippen LogP contribution in [0.3, 0.4) is 0 Å². The van der Waals surface area contributed by atoms with Crippen LogP contribution in [0.5, 0.6) is 0 Å². The van der Waals surface area contributed by atoms with E-state index in [1.165, 1.54) is 6.20 Å². The Morgan fingerprint density at radius 1 is 1.57 bits per heavy atom. The molecule has 1 heterocycles. The molecule has 0 radical (unpaired) electrons. The minimum atomic E-state index is -0.183. The van der Waals surface area contributed by atoms with Gasteiger partial charge in [-0.15, -0.1) is 0 Å². The lowest BCUT2D eigenvalue weighted by Crippen LogP contribution is -2.62.